The first-order chi connectivity index (χ1) is 9.11. The summed E-state index contributed by atoms with van der Waals surface area (Å²) in [5, 5.41) is 12.5. The summed E-state index contributed by atoms with van der Waals surface area (Å²) < 4.78 is 0. The SMILES string of the molecule is CCCCCCCC(=O)Nc1nnc(CC(C)C)s1. The summed E-state index contributed by atoms with van der Waals surface area (Å²) in [6.45, 7) is 6.49. The van der Waals surface area contributed by atoms with Gasteiger partial charge in [0.2, 0.25) is 11.0 Å². The fourth-order valence-corrected chi connectivity index (χ4v) is 2.77. The number of nitrogens with zero attached hydrogens (tertiary/aromatic N) is 2. The van der Waals surface area contributed by atoms with E-state index in [1.54, 1.807) is 0 Å². The van der Waals surface area contributed by atoms with E-state index < -0.39 is 0 Å². The predicted octanol–water partition coefficient (Wildman–Crippen LogP) is 4.04. The van der Waals surface area contributed by atoms with Crippen LogP contribution in [0, 0.1) is 5.92 Å². The van der Waals surface area contributed by atoms with E-state index >= 15 is 0 Å². The van der Waals surface area contributed by atoms with Crippen LogP contribution in [-0.2, 0) is 11.2 Å². The highest BCUT2D eigenvalue weighted by Crippen LogP contribution is 2.18. The molecule has 0 bridgehead atoms. The highest BCUT2D eigenvalue weighted by atomic mass is 32.1. The van der Waals surface area contributed by atoms with Crippen LogP contribution in [0.15, 0.2) is 0 Å². The van der Waals surface area contributed by atoms with E-state index in [1.807, 2.05) is 0 Å². The molecule has 0 saturated carbocycles. The van der Waals surface area contributed by atoms with Gasteiger partial charge < -0.3 is 5.32 Å². The summed E-state index contributed by atoms with van der Waals surface area (Å²) in [4.78, 5) is 11.7. The number of nitrogens with one attached hydrogen (secondary N) is 1. The standard InChI is InChI=1S/C14H25N3OS/c1-4-5-6-7-8-9-12(18)15-14-17-16-13(19-14)10-11(2)3/h11H,4-10H2,1-3H3,(H,15,17,18). The zero-order valence-electron chi connectivity index (χ0n) is 12.2. The number of rotatable bonds is 9. The highest BCUT2D eigenvalue weighted by Gasteiger charge is 2.09. The van der Waals surface area contributed by atoms with Crippen molar-refractivity contribution in [2.24, 2.45) is 5.92 Å². The van der Waals surface area contributed by atoms with Gasteiger partial charge in [-0.05, 0) is 12.3 Å². The maximum atomic E-state index is 11.7. The molecular weight excluding hydrogens is 258 g/mol. The Balaban J connectivity index is 2.22. The van der Waals surface area contributed by atoms with Gasteiger partial charge in [0.1, 0.15) is 5.01 Å². The summed E-state index contributed by atoms with van der Waals surface area (Å²) in [5.41, 5.74) is 0. The van der Waals surface area contributed by atoms with Crippen molar-refractivity contribution in [3.8, 4) is 0 Å². The van der Waals surface area contributed by atoms with Gasteiger partial charge in [0, 0.05) is 12.8 Å². The van der Waals surface area contributed by atoms with Crippen molar-refractivity contribution in [2.75, 3.05) is 5.32 Å². The lowest BCUT2D eigenvalue weighted by Gasteiger charge is -2.01. The zero-order valence-corrected chi connectivity index (χ0v) is 13.1. The Kier molecular flexibility index (Phi) is 7.63. The molecule has 0 spiro atoms. The van der Waals surface area contributed by atoms with E-state index in [0.717, 1.165) is 24.3 Å². The molecule has 0 aromatic carbocycles. The second-order valence-electron chi connectivity index (χ2n) is 5.31. The Morgan fingerprint density at radius 2 is 1.95 bits per heavy atom. The Morgan fingerprint density at radius 3 is 2.63 bits per heavy atom. The van der Waals surface area contributed by atoms with E-state index in [1.165, 1.54) is 30.6 Å². The molecule has 1 rings (SSSR count). The van der Waals surface area contributed by atoms with Gasteiger partial charge in [-0.3, -0.25) is 4.79 Å². The summed E-state index contributed by atoms with van der Waals surface area (Å²) in [5.74, 6) is 0.624. The fraction of sp³-hybridized carbons (Fsp3) is 0.786. The molecule has 0 saturated heterocycles. The zero-order chi connectivity index (χ0) is 14.1. The Morgan fingerprint density at radius 1 is 1.21 bits per heavy atom. The lowest BCUT2D eigenvalue weighted by Crippen LogP contribution is -2.10. The smallest absolute Gasteiger partial charge is 0.226 e. The second kappa shape index (κ2) is 9.02. The first-order valence-corrected chi connectivity index (χ1v) is 8.05. The van der Waals surface area contributed by atoms with Crippen LogP contribution >= 0.6 is 11.3 Å². The van der Waals surface area contributed by atoms with E-state index in [4.69, 9.17) is 0 Å². The summed E-state index contributed by atoms with van der Waals surface area (Å²) in [6, 6.07) is 0. The molecule has 1 heterocycles. The molecule has 0 fully saturated rings. The average molecular weight is 283 g/mol. The third-order valence-electron chi connectivity index (χ3n) is 2.80. The van der Waals surface area contributed by atoms with Crippen LogP contribution in [0.5, 0.6) is 0 Å². The van der Waals surface area contributed by atoms with Crippen molar-refractivity contribution >= 4 is 22.4 Å². The van der Waals surface area contributed by atoms with Crippen molar-refractivity contribution in [2.45, 2.75) is 65.7 Å². The van der Waals surface area contributed by atoms with Gasteiger partial charge in [0.25, 0.3) is 0 Å². The van der Waals surface area contributed by atoms with Crippen molar-refractivity contribution in [3.05, 3.63) is 5.01 Å². The minimum absolute atomic E-state index is 0.0590. The number of amides is 1. The number of carbonyl (C=O) groups is 1. The summed E-state index contributed by atoms with van der Waals surface area (Å²) in [6.07, 6.45) is 7.32. The first-order valence-electron chi connectivity index (χ1n) is 7.24. The van der Waals surface area contributed by atoms with Gasteiger partial charge in [0.15, 0.2) is 0 Å². The van der Waals surface area contributed by atoms with Gasteiger partial charge in [-0.15, -0.1) is 10.2 Å². The minimum atomic E-state index is 0.0590. The molecule has 1 aromatic heterocycles. The molecule has 1 aromatic rings. The number of hydrogen-bond acceptors (Lipinski definition) is 4. The van der Waals surface area contributed by atoms with Crippen LogP contribution in [0.2, 0.25) is 0 Å². The molecule has 0 radical (unpaired) electrons. The normalized spacial score (nSPS) is 10.9. The molecule has 1 amide bonds. The molecule has 0 aliphatic carbocycles. The monoisotopic (exact) mass is 283 g/mol. The molecule has 19 heavy (non-hydrogen) atoms. The topological polar surface area (TPSA) is 54.9 Å². The lowest BCUT2D eigenvalue weighted by atomic mass is 10.1. The van der Waals surface area contributed by atoms with Gasteiger partial charge in [0.05, 0.1) is 0 Å². The summed E-state index contributed by atoms with van der Waals surface area (Å²) >= 11 is 1.48. The maximum absolute atomic E-state index is 11.7. The second-order valence-corrected chi connectivity index (χ2v) is 6.37. The van der Waals surface area contributed by atoms with Gasteiger partial charge in [-0.2, -0.15) is 0 Å². The van der Waals surface area contributed by atoms with Crippen LogP contribution in [-0.4, -0.2) is 16.1 Å². The van der Waals surface area contributed by atoms with Crippen LogP contribution in [0.3, 0.4) is 0 Å². The molecule has 4 nitrogen and oxygen atoms in total. The first kappa shape index (κ1) is 16.1. The van der Waals surface area contributed by atoms with E-state index in [2.05, 4.69) is 36.3 Å². The van der Waals surface area contributed by atoms with Crippen molar-refractivity contribution in [1.82, 2.24) is 10.2 Å². The maximum Gasteiger partial charge on any atom is 0.226 e. The lowest BCUT2D eigenvalue weighted by molar-refractivity contribution is -0.116. The number of anilines is 1. The van der Waals surface area contributed by atoms with Crippen molar-refractivity contribution < 1.29 is 4.79 Å². The Labute approximate surface area is 120 Å². The number of aromatic nitrogens is 2. The molecule has 5 heteroatoms. The van der Waals surface area contributed by atoms with E-state index in [-0.39, 0.29) is 5.91 Å². The molecule has 108 valence electrons. The molecule has 0 aliphatic heterocycles. The van der Waals surface area contributed by atoms with Crippen molar-refractivity contribution in [1.29, 1.82) is 0 Å². The van der Waals surface area contributed by atoms with Crippen LogP contribution in [0.4, 0.5) is 5.13 Å². The van der Waals surface area contributed by atoms with Crippen LogP contribution in [0.1, 0.15) is 64.3 Å². The van der Waals surface area contributed by atoms with E-state index in [0.29, 0.717) is 17.5 Å². The molecule has 0 aliphatic rings. The van der Waals surface area contributed by atoms with Gasteiger partial charge in [-0.25, -0.2) is 0 Å². The fourth-order valence-electron chi connectivity index (χ4n) is 1.81. The average Bonchev–Trinajstić information content (AvgIpc) is 2.75. The summed E-state index contributed by atoms with van der Waals surface area (Å²) in [7, 11) is 0. The molecule has 1 N–H and O–H groups in total. The number of unbranched alkanes of at least 4 members (excludes halogenated alkanes) is 4. The van der Waals surface area contributed by atoms with E-state index in [9.17, 15) is 4.79 Å². The Bertz CT molecular complexity index is 377. The predicted molar refractivity (Wildman–Crippen MR) is 80.5 cm³/mol. The quantitative estimate of drug-likeness (QED) is 0.696. The largest absolute Gasteiger partial charge is 0.301 e. The Hall–Kier alpha value is -0.970. The third kappa shape index (κ3) is 7.25. The van der Waals surface area contributed by atoms with Gasteiger partial charge >= 0.3 is 0 Å². The van der Waals surface area contributed by atoms with Gasteiger partial charge in [-0.1, -0.05) is 57.8 Å². The third-order valence-corrected chi connectivity index (χ3v) is 3.66. The number of hydrogen-bond donors (Lipinski definition) is 1. The van der Waals surface area contributed by atoms with Crippen molar-refractivity contribution in [3.63, 3.8) is 0 Å². The van der Waals surface area contributed by atoms with Crippen LogP contribution in [0.25, 0.3) is 0 Å². The number of carbonyl (C=O) groups excluding carboxylic acids is 1. The molecular formula is C14H25N3OS. The minimum Gasteiger partial charge on any atom is -0.301 e. The molecule has 0 unspecified atom stereocenters. The highest BCUT2D eigenvalue weighted by molar-refractivity contribution is 7.15. The van der Waals surface area contributed by atoms with Crippen LogP contribution < -0.4 is 5.32 Å². The molecule has 0 atom stereocenters.